The molecule has 1 N–H and O–H groups in total. The summed E-state index contributed by atoms with van der Waals surface area (Å²) in [5, 5.41) is 3.16. The Morgan fingerprint density at radius 1 is 1.35 bits per heavy atom. The van der Waals surface area contributed by atoms with Gasteiger partial charge in [0, 0.05) is 12.5 Å². The van der Waals surface area contributed by atoms with E-state index in [2.05, 4.69) is 5.32 Å². The van der Waals surface area contributed by atoms with Crippen molar-refractivity contribution in [1.29, 1.82) is 0 Å². The maximum atomic E-state index is 11.2. The van der Waals surface area contributed by atoms with Gasteiger partial charge in [0.15, 0.2) is 0 Å². The van der Waals surface area contributed by atoms with Gasteiger partial charge >= 0.3 is 0 Å². The van der Waals surface area contributed by atoms with Crippen molar-refractivity contribution in [2.45, 2.75) is 6.42 Å². The van der Waals surface area contributed by atoms with E-state index in [9.17, 15) is 8.42 Å². The number of nitrogens with one attached hydrogen (secondary N) is 1. The second kappa shape index (κ2) is 5.84. The number of rotatable bonds is 4. The summed E-state index contributed by atoms with van der Waals surface area (Å²) in [7, 11) is -2.17. The molecule has 1 fully saturated rings. The second-order valence-corrected chi connectivity index (χ2v) is 4.99. The maximum absolute atomic E-state index is 11.2. The Kier molecular flexibility index (Phi) is 4.17. The van der Waals surface area contributed by atoms with Crippen LogP contribution >= 0.6 is 0 Å². The van der Waals surface area contributed by atoms with E-state index in [-0.39, 0.29) is 12.5 Å². The van der Waals surface area contributed by atoms with Crippen LogP contribution in [0.15, 0.2) is 30.3 Å². The van der Waals surface area contributed by atoms with E-state index in [0.29, 0.717) is 10.6 Å². The first-order valence-electron chi connectivity index (χ1n) is 5.61. The first-order chi connectivity index (χ1) is 8.27. The van der Waals surface area contributed by atoms with E-state index in [4.69, 9.17) is 4.74 Å². The monoisotopic (exact) mass is 253 g/mol. The molecule has 5 heteroatoms. The van der Waals surface area contributed by atoms with Crippen molar-refractivity contribution in [1.82, 2.24) is 5.32 Å². The third-order valence-electron chi connectivity index (χ3n) is 2.85. The van der Waals surface area contributed by atoms with E-state index in [0.717, 1.165) is 19.5 Å². The van der Waals surface area contributed by atoms with Crippen LogP contribution in [0, 0.1) is 5.92 Å². The van der Waals surface area contributed by atoms with Gasteiger partial charge in [-0.05, 0) is 25.1 Å². The Bertz CT molecular complexity index is 482. The molecule has 1 aromatic rings. The zero-order valence-electron chi connectivity index (χ0n) is 9.43. The van der Waals surface area contributed by atoms with Gasteiger partial charge in [0.05, 0.1) is 4.86 Å². The average Bonchev–Trinajstić information content (AvgIpc) is 2.84. The molecule has 1 saturated heterocycles. The fraction of sp³-hybridized carbons (Fsp3) is 0.417. The van der Waals surface area contributed by atoms with E-state index in [1.807, 2.05) is 30.3 Å². The Hall–Kier alpha value is -1.33. The number of ether oxygens (including phenoxy) is 1. The van der Waals surface area contributed by atoms with Gasteiger partial charge in [-0.1, -0.05) is 18.2 Å². The molecule has 1 unspecified atom stereocenters. The fourth-order valence-corrected chi connectivity index (χ4v) is 2.53. The van der Waals surface area contributed by atoms with Gasteiger partial charge in [0.1, 0.15) is 12.4 Å². The molecular formula is C12H15NO3S. The molecule has 4 nitrogen and oxygen atoms in total. The van der Waals surface area contributed by atoms with Crippen LogP contribution in [0.25, 0.3) is 0 Å². The minimum Gasteiger partial charge on any atom is -0.488 e. The summed E-state index contributed by atoms with van der Waals surface area (Å²) in [6, 6.07) is 9.25. The van der Waals surface area contributed by atoms with Crippen LogP contribution < -0.4 is 10.1 Å². The van der Waals surface area contributed by atoms with Gasteiger partial charge in [0.2, 0.25) is 10.3 Å². The fourth-order valence-electron chi connectivity index (χ4n) is 1.90. The lowest BCUT2D eigenvalue weighted by atomic mass is 10.1. The van der Waals surface area contributed by atoms with Crippen LogP contribution in [0.5, 0.6) is 5.75 Å². The van der Waals surface area contributed by atoms with Crippen molar-refractivity contribution >= 4 is 15.2 Å². The quantitative estimate of drug-likeness (QED) is 0.804. The van der Waals surface area contributed by atoms with Crippen LogP contribution in [0.4, 0.5) is 0 Å². The molecule has 0 spiro atoms. The Morgan fingerprint density at radius 2 is 2.12 bits per heavy atom. The lowest BCUT2D eigenvalue weighted by Gasteiger charge is -2.10. The summed E-state index contributed by atoms with van der Waals surface area (Å²) >= 11 is 0. The number of para-hydroxylation sites is 1. The molecule has 17 heavy (non-hydrogen) atoms. The van der Waals surface area contributed by atoms with Crippen LogP contribution in [0.2, 0.25) is 0 Å². The van der Waals surface area contributed by atoms with Crippen molar-refractivity contribution in [2.24, 2.45) is 5.92 Å². The largest absolute Gasteiger partial charge is 0.488 e. The third kappa shape index (κ3) is 3.31. The van der Waals surface area contributed by atoms with Crippen molar-refractivity contribution in [3.63, 3.8) is 0 Å². The minimum absolute atomic E-state index is 0.0806. The highest BCUT2D eigenvalue weighted by molar-refractivity contribution is 7.73. The van der Waals surface area contributed by atoms with Crippen molar-refractivity contribution in [2.75, 3.05) is 19.7 Å². The Labute approximate surface area is 102 Å². The molecule has 2 rings (SSSR count). The first-order valence-corrected chi connectivity index (χ1v) is 6.68. The summed E-state index contributed by atoms with van der Waals surface area (Å²) in [5.74, 6) is 0.776. The van der Waals surface area contributed by atoms with E-state index < -0.39 is 10.3 Å². The summed E-state index contributed by atoms with van der Waals surface area (Å²) in [5.41, 5.74) is 0. The summed E-state index contributed by atoms with van der Waals surface area (Å²) < 4.78 is 27.8. The molecule has 1 aromatic carbocycles. The Morgan fingerprint density at radius 3 is 2.71 bits per heavy atom. The predicted molar refractivity (Wildman–Crippen MR) is 66.8 cm³/mol. The standard InChI is InChI=1S/C12H15NO3S/c14-17(15)12(10-6-7-13-8-10)9-16-11-4-2-1-3-5-11/h1-5,10,13H,6-9H2. The van der Waals surface area contributed by atoms with Gasteiger partial charge < -0.3 is 10.1 Å². The van der Waals surface area contributed by atoms with Crippen molar-refractivity contribution < 1.29 is 13.2 Å². The highest BCUT2D eigenvalue weighted by Gasteiger charge is 2.22. The summed E-state index contributed by atoms with van der Waals surface area (Å²) in [6.07, 6.45) is 0.863. The van der Waals surface area contributed by atoms with Crippen LogP contribution in [-0.2, 0) is 10.3 Å². The summed E-state index contributed by atoms with van der Waals surface area (Å²) in [6.45, 7) is 1.74. The molecular weight excluding hydrogens is 238 g/mol. The zero-order valence-corrected chi connectivity index (χ0v) is 10.2. The van der Waals surface area contributed by atoms with Gasteiger partial charge in [-0.25, -0.2) is 0 Å². The highest BCUT2D eigenvalue weighted by Crippen LogP contribution is 2.12. The lowest BCUT2D eigenvalue weighted by Crippen LogP contribution is -2.24. The van der Waals surface area contributed by atoms with E-state index in [1.165, 1.54) is 0 Å². The molecule has 0 aromatic heterocycles. The van der Waals surface area contributed by atoms with Crippen molar-refractivity contribution in [3.8, 4) is 5.75 Å². The van der Waals surface area contributed by atoms with Crippen LogP contribution in [0.1, 0.15) is 6.42 Å². The first kappa shape index (κ1) is 12.1. The zero-order chi connectivity index (χ0) is 12.1. The van der Waals surface area contributed by atoms with E-state index in [1.54, 1.807) is 0 Å². The van der Waals surface area contributed by atoms with Gasteiger partial charge in [-0.15, -0.1) is 0 Å². The highest BCUT2D eigenvalue weighted by atomic mass is 32.2. The van der Waals surface area contributed by atoms with Gasteiger partial charge in [-0.3, -0.25) is 0 Å². The third-order valence-corrected chi connectivity index (χ3v) is 3.73. The molecule has 1 aliphatic heterocycles. The topological polar surface area (TPSA) is 55.4 Å². The smallest absolute Gasteiger partial charge is 0.217 e. The SMILES string of the molecule is O=S(=O)=C(COc1ccccc1)C1CCNC1. The molecule has 0 amide bonds. The molecule has 0 radical (unpaired) electrons. The molecule has 1 atom stereocenters. The molecule has 0 aliphatic carbocycles. The van der Waals surface area contributed by atoms with Crippen molar-refractivity contribution in [3.05, 3.63) is 30.3 Å². The van der Waals surface area contributed by atoms with Crippen LogP contribution in [-0.4, -0.2) is 33.0 Å². The summed E-state index contributed by atoms with van der Waals surface area (Å²) in [4.78, 5) is 0.457. The van der Waals surface area contributed by atoms with Crippen LogP contribution in [0.3, 0.4) is 0 Å². The molecule has 0 saturated carbocycles. The lowest BCUT2D eigenvalue weighted by molar-refractivity contribution is 0.372. The number of hydrogen-bond donors (Lipinski definition) is 1. The number of hydrogen-bond acceptors (Lipinski definition) is 4. The Balaban J connectivity index is 2.03. The normalized spacial score (nSPS) is 18.9. The van der Waals surface area contributed by atoms with Gasteiger partial charge in [0.25, 0.3) is 0 Å². The van der Waals surface area contributed by atoms with Gasteiger partial charge in [-0.2, -0.15) is 8.42 Å². The number of benzene rings is 1. The second-order valence-electron chi connectivity index (χ2n) is 3.99. The average molecular weight is 253 g/mol. The molecule has 1 aliphatic rings. The minimum atomic E-state index is -2.17. The molecule has 0 bridgehead atoms. The molecule has 92 valence electrons. The van der Waals surface area contributed by atoms with E-state index >= 15 is 0 Å². The maximum Gasteiger partial charge on any atom is 0.217 e. The predicted octanol–water partition coefficient (Wildman–Crippen LogP) is 0.726. The molecule has 1 heterocycles.